The van der Waals surface area contributed by atoms with Gasteiger partial charge in [0.15, 0.2) is 0 Å². The standard InChI is InChI=1S/C17H22N2O2/c20-17(9-11-7-12-5-6-13(8-11)18-12)19-15-10-21-16-4-2-1-3-14(15)16/h1-4,11-13,15,18H,5-10H2,(H,19,20). The van der Waals surface area contributed by atoms with E-state index in [4.69, 9.17) is 4.74 Å². The summed E-state index contributed by atoms with van der Waals surface area (Å²) in [6.45, 7) is 0.558. The quantitative estimate of drug-likeness (QED) is 0.895. The molecule has 4 rings (SSSR count). The Morgan fingerprint density at radius 1 is 1.24 bits per heavy atom. The molecule has 2 fully saturated rings. The molecule has 0 saturated carbocycles. The Morgan fingerprint density at radius 2 is 2.00 bits per heavy atom. The first kappa shape index (κ1) is 13.1. The van der Waals surface area contributed by atoms with Crippen LogP contribution in [0.25, 0.3) is 0 Å². The predicted molar refractivity (Wildman–Crippen MR) is 80.1 cm³/mol. The summed E-state index contributed by atoms with van der Waals surface area (Å²) < 4.78 is 5.62. The number of amides is 1. The summed E-state index contributed by atoms with van der Waals surface area (Å²) >= 11 is 0. The van der Waals surface area contributed by atoms with E-state index in [0.29, 0.717) is 31.0 Å². The molecule has 0 radical (unpaired) electrons. The Kier molecular flexibility index (Phi) is 3.34. The molecule has 1 amide bonds. The third kappa shape index (κ3) is 2.64. The summed E-state index contributed by atoms with van der Waals surface area (Å²) in [5.41, 5.74) is 1.11. The number of hydrogen-bond donors (Lipinski definition) is 2. The molecule has 112 valence electrons. The zero-order chi connectivity index (χ0) is 14.2. The van der Waals surface area contributed by atoms with Crippen LogP contribution in [0.5, 0.6) is 5.75 Å². The van der Waals surface area contributed by atoms with E-state index >= 15 is 0 Å². The highest BCUT2D eigenvalue weighted by atomic mass is 16.5. The summed E-state index contributed by atoms with van der Waals surface area (Å²) in [5.74, 6) is 1.62. The number of nitrogens with one attached hydrogen (secondary N) is 2. The molecule has 0 aromatic heterocycles. The molecule has 3 atom stereocenters. The van der Waals surface area contributed by atoms with Crippen molar-refractivity contribution in [1.29, 1.82) is 0 Å². The van der Waals surface area contributed by atoms with E-state index in [9.17, 15) is 4.79 Å². The first-order valence-electron chi connectivity index (χ1n) is 8.05. The van der Waals surface area contributed by atoms with Gasteiger partial charge < -0.3 is 15.4 Å². The summed E-state index contributed by atoms with van der Waals surface area (Å²) in [6, 6.07) is 9.29. The molecule has 2 bridgehead atoms. The predicted octanol–water partition coefficient (Wildman–Crippen LogP) is 2.16. The zero-order valence-electron chi connectivity index (χ0n) is 12.2. The van der Waals surface area contributed by atoms with Crippen molar-refractivity contribution in [1.82, 2.24) is 10.6 Å². The molecule has 3 unspecified atom stereocenters. The first-order chi connectivity index (χ1) is 10.3. The van der Waals surface area contributed by atoms with Crippen LogP contribution in [0.1, 0.15) is 43.7 Å². The third-order valence-corrected chi connectivity index (χ3v) is 5.08. The fraction of sp³-hybridized carbons (Fsp3) is 0.588. The number of carbonyl (C=O) groups is 1. The summed E-state index contributed by atoms with van der Waals surface area (Å²) in [5, 5.41) is 6.78. The molecule has 0 aliphatic carbocycles. The molecule has 3 heterocycles. The van der Waals surface area contributed by atoms with Gasteiger partial charge in [-0.2, -0.15) is 0 Å². The van der Waals surface area contributed by atoms with Crippen molar-refractivity contribution in [3.05, 3.63) is 29.8 Å². The second-order valence-corrected chi connectivity index (χ2v) is 6.65. The van der Waals surface area contributed by atoms with Gasteiger partial charge in [-0.05, 0) is 37.7 Å². The van der Waals surface area contributed by atoms with Crippen molar-refractivity contribution in [3.63, 3.8) is 0 Å². The van der Waals surface area contributed by atoms with Crippen LogP contribution in [0.3, 0.4) is 0 Å². The third-order valence-electron chi connectivity index (χ3n) is 5.08. The second kappa shape index (κ2) is 5.34. The molecule has 4 heteroatoms. The Labute approximate surface area is 125 Å². The van der Waals surface area contributed by atoms with Gasteiger partial charge in [-0.3, -0.25) is 4.79 Å². The fourth-order valence-corrected chi connectivity index (χ4v) is 4.14. The van der Waals surface area contributed by atoms with Crippen molar-refractivity contribution in [2.75, 3.05) is 6.61 Å². The average molecular weight is 286 g/mol. The van der Waals surface area contributed by atoms with E-state index in [1.807, 2.05) is 24.3 Å². The van der Waals surface area contributed by atoms with Gasteiger partial charge in [-0.1, -0.05) is 18.2 Å². The van der Waals surface area contributed by atoms with Crippen molar-refractivity contribution in [3.8, 4) is 5.75 Å². The molecule has 21 heavy (non-hydrogen) atoms. The van der Waals surface area contributed by atoms with Gasteiger partial charge in [-0.25, -0.2) is 0 Å². The molecule has 0 spiro atoms. The molecule has 2 N–H and O–H groups in total. The van der Waals surface area contributed by atoms with Crippen LogP contribution in [0.15, 0.2) is 24.3 Å². The maximum atomic E-state index is 12.3. The molecule has 4 nitrogen and oxygen atoms in total. The van der Waals surface area contributed by atoms with Gasteiger partial charge in [-0.15, -0.1) is 0 Å². The van der Waals surface area contributed by atoms with Crippen LogP contribution in [0, 0.1) is 5.92 Å². The number of carbonyl (C=O) groups excluding carboxylic acids is 1. The Hall–Kier alpha value is -1.55. The fourth-order valence-electron chi connectivity index (χ4n) is 4.14. The maximum Gasteiger partial charge on any atom is 0.220 e. The lowest BCUT2D eigenvalue weighted by atomic mass is 9.89. The van der Waals surface area contributed by atoms with Gasteiger partial charge in [0, 0.05) is 24.1 Å². The first-order valence-corrected chi connectivity index (χ1v) is 8.05. The minimum absolute atomic E-state index is 0.0205. The van der Waals surface area contributed by atoms with E-state index < -0.39 is 0 Å². The largest absolute Gasteiger partial charge is 0.491 e. The van der Waals surface area contributed by atoms with Crippen LogP contribution in [-0.2, 0) is 4.79 Å². The van der Waals surface area contributed by atoms with Gasteiger partial charge in [0.05, 0.1) is 6.04 Å². The lowest BCUT2D eigenvalue weighted by Crippen LogP contribution is -2.40. The Balaban J connectivity index is 1.34. The summed E-state index contributed by atoms with van der Waals surface area (Å²) in [4.78, 5) is 12.3. The number of para-hydroxylation sites is 1. The van der Waals surface area contributed by atoms with Crippen LogP contribution in [0.4, 0.5) is 0 Å². The van der Waals surface area contributed by atoms with Gasteiger partial charge in [0.25, 0.3) is 0 Å². The molecule has 3 aliphatic rings. The van der Waals surface area contributed by atoms with Crippen molar-refractivity contribution >= 4 is 5.91 Å². The highest BCUT2D eigenvalue weighted by molar-refractivity contribution is 5.77. The summed E-state index contributed by atoms with van der Waals surface area (Å²) in [6.07, 6.45) is 5.54. The SMILES string of the molecule is O=C(CC1CC2CCC(C1)N2)NC1COc2ccccc21. The Bertz CT molecular complexity index is 533. The van der Waals surface area contributed by atoms with Crippen molar-refractivity contribution in [2.24, 2.45) is 5.92 Å². The van der Waals surface area contributed by atoms with Crippen molar-refractivity contribution in [2.45, 2.75) is 50.2 Å². The monoisotopic (exact) mass is 286 g/mol. The van der Waals surface area contributed by atoms with Gasteiger partial charge >= 0.3 is 0 Å². The molecule has 1 aromatic rings. The van der Waals surface area contributed by atoms with Crippen LogP contribution < -0.4 is 15.4 Å². The van der Waals surface area contributed by atoms with E-state index in [1.54, 1.807) is 0 Å². The number of ether oxygens (including phenoxy) is 1. The smallest absolute Gasteiger partial charge is 0.220 e. The minimum Gasteiger partial charge on any atom is -0.491 e. The van der Waals surface area contributed by atoms with Gasteiger partial charge in [0.1, 0.15) is 12.4 Å². The van der Waals surface area contributed by atoms with E-state index in [1.165, 1.54) is 12.8 Å². The maximum absolute atomic E-state index is 12.3. The number of rotatable bonds is 3. The Morgan fingerprint density at radius 3 is 2.81 bits per heavy atom. The van der Waals surface area contributed by atoms with Crippen molar-refractivity contribution < 1.29 is 9.53 Å². The average Bonchev–Trinajstić information content (AvgIpc) is 3.03. The second-order valence-electron chi connectivity index (χ2n) is 6.65. The molecular formula is C17H22N2O2. The van der Waals surface area contributed by atoms with Crippen LogP contribution >= 0.6 is 0 Å². The van der Waals surface area contributed by atoms with Crippen LogP contribution in [0.2, 0.25) is 0 Å². The normalized spacial score (nSPS) is 33.3. The van der Waals surface area contributed by atoms with E-state index in [0.717, 1.165) is 24.2 Å². The highest BCUT2D eigenvalue weighted by Crippen LogP contribution is 2.34. The lowest BCUT2D eigenvalue weighted by Gasteiger charge is -2.28. The van der Waals surface area contributed by atoms with Crippen LogP contribution in [-0.4, -0.2) is 24.6 Å². The zero-order valence-corrected chi connectivity index (χ0v) is 12.2. The molecule has 3 aliphatic heterocycles. The lowest BCUT2D eigenvalue weighted by molar-refractivity contribution is -0.123. The van der Waals surface area contributed by atoms with Gasteiger partial charge in [0.2, 0.25) is 5.91 Å². The number of hydrogen-bond acceptors (Lipinski definition) is 3. The molecule has 2 saturated heterocycles. The van der Waals surface area contributed by atoms with E-state index in [2.05, 4.69) is 10.6 Å². The molecular weight excluding hydrogens is 264 g/mol. The number of piperidine rings is 1. The summed E-state index contributed by atoms with van der Waals surface area (Å²) in [7, 11) is 0. The van der Waals surface area contributed by atoms with E-state index in [-0.39, 0.29) is 11.9 Å². The topological polar surface area (TPSA) is 50.4 Å². The molecule has 1 aromatic carbocycles. The highest BCUT2D eigenvalue weighted by Gasteiger charge is 2.34. The number of fused-ring (bicyclic) bond motifs is 3. The minimum atomic E-state index is 0.0205. The number of benzene rings is 1.